The molecule has 4 rings (SSSR count). The van der Waals surface area contributed by atoms with Gasteiger partial charge in [-0.25, -0.2) is 4.98 Å². The maximum absolute atomic E-state index is 12.5. The minimum Gasteiger partial charge on any atom is -0.598 e. The number of piperidine rings is 1. The van der Waals surface area contributed by atoms with Gasteiger partial charge in [0.15, 0.2) is 0 Å². The van der Waals surface area contributed by atoms with Crippen LogP contribution in [0.1, 0.15) is 38.2 Å². The molecule has 5 nitrogen and oxygen atoms in total. The Morgan fingerprint density at radius 1 is 1.33 bits per heavy atom. The Morgan fingerprint density at radius 2 is 2.21 bits per heavy atom. The lowest BCUT2D eigenvalue weighted by Gasteiger charge is -2.34. The summed E-state index contributed by atoms with van der Waals surface area (Å²) in [6.07, 6.45) is 7.84. The number of pyridine rings is 2. The van der Waals surface area contributed by atoms with Gasteiger partial charge >= 0.3 is 0 Å². The number of aromatic amines is 1. The Kier molecular flexibility index (Phi) is 4.20. The highest BCUT2D eigenvalue weighted by molar-refractivity contribution is 7.89. The first-order chi connectivity index (χ1) is 11.6. The molecule has 6 heteroatoms. The lowest BCUT2D eigenvalue weighted by molar-refractivity contribution is 0.314. The third-order valence-corrected chi connectivity index (χ3v) is 6.45. The summed E-state index contributed by atoms with van der Waals surface area (Å²) >= 11 is -0.907. The van der Waals surface area contributed by atoms with E-state index in [9.17, 15) is 4.55 Å². The summed E-state index contributed by atoms with van der Waals surface area (Å²) in [5.41, 5.74) is 3.13. The van der Waals surface area contributed by atoms with Crippen LogP contribution in [0.4, 0.5) is 0 Å². The van der Waals surface area contributed by atoms with E-state index in [-0.39, 0.29) is 5.25 Å². The van der Waals surface area contributed by atoms with Gasteiger partial charge in [0.1, 0.15) is 10.9 Å². The molecule has 0 spiro atoms. The van der Waals surface area contributed by atoms with Gasteiger partial charge in [-0.1, -0.05) is 0 Å². The fourth-order valence-electron chi connectivity index (χ4n) is 3.68. The van der Waals surface area contributed by atoms with Crippen LogP contribution in [-0.4, -0.2) is 42.1 Å². The molecule has 126 valence electrons. The summed E-state index contributed by atoms with van der Waals surface area (Å²) in [5, 5.41) is 2.47. The van der Waals surface area contributed by atoms with Crippen molar-refractivity contribution in [3.8, 4) is 0 Å². The van der Waals surface area contributed by atoms with Crippen LogP contribution in [0.25, 0.3) is 21.9 Å². The average Bonchev–Trinajstić information content (AvgIpc) is 3.09. The topological polar surface area (TPSA) is 67.9 Å². The van der Waals surface area contributed by atoms with Crippen LogP contribution >= 0.6 is 0 Å². The number of nitrogens with zero attached hydrogens (tertiary/aromatic N) is 3. The predicted molar refractivity (Wildman–Crippen MR) is 98.2 cm³/mol. The van der Waals surface area contributed by atoms with E-state index in [0.717, 1.165) is 42.5 Å². The maximum atomic E-state index is 12.5. The molecule has 2 unspecified atom stereocenters. The Morgan fingerprint density at radius 3 is 3.04 bits per heavy atom. The first-order valence-corrected chi connectivity index (χ1v) is 9.68. The molecule has 0 aromatic carbocycles. The Hall–Kier alpha value is -1.63. The van der Waals surface area contributed by atoms with Crippen molar-refractivity contribution >= 4 is 33.3 Å². The van der Waals surface area contributed by atoms with Crippen LogP contribution in [0, 0.1) is 0 Å². The number of hydrogen-bond acceptors (Lipinski definition) is 4. The Balaban J connectivity index is 1.77. The standard InChI is InChI=1S/C18H22N4OS/c1-12(2)24(23)22-9-3-4-13(11-22)14-5-7-19-16-10-21-18-15(17(14)16)6-8-20-18/h5-8,10,12-13H,3-4,9,11H2,1-2H3,(H,20,21). The van der Waals surface area contributed by atoms with E-state index in [1.807, 2.05) is 32.4 Å². The first kappa shape index (κ1) is 15.9. The Bertz CT molecular complexity index is 862. The van der Waals surface area contributed by atoms with Crippen LogP contribution in [0.3, 0.4) is 0 Å². The molecule has 24 heavy (non-hydrogen) atoms. The third kappa shape index (κ3) is 2.68. The van der Waals surface area contributed by atoms with Crippen molar-refractivity contribution in [2.24, 2.45) is 0 Å². The van der Waals surface area contributed by atoms with Crippen LogP contribution in [-0.2, 0) is 11.4 Å². The molecule has 1 N–H and O–H groups in total. The van der Waals surface area contributed by atoms with Crippen molar-refractivity contribution in [2.45, 2.75) is 37.9 Å². The van der Waals surface area contributed by atoms with Gasteiger partial charge in [-0.05, 0) is 44.4 Å². The number of aromatic nitrogens is 3. The second-order valence-electron chi connectivity index (χ2n) is 6.71. The number of hydrogen-bond donors (Lipinski definition) is 1. The molecule has 0 radical (unpaired) electrons. The van der Waals surface area contributed by atoms with E-state index < -0.39 is 11.4 Å². The summed E-state index contributed by atoms with van der Waals surface area (Å²) in [5.74, 6) is 0.382. The molecule has 0 bridgehead atoms. The van der Waals surface area contributed by atoms with Gasteiger partial charge in [-0.3, -0.25) is 4.98 Å². The van der Waals surface area contributed by atoms with Gasteiger partial charge in [0.05, 0.1) is 18.3 Å². The van der Waals surface area contributed by atoms with Crippen molar-refractivity contribution in [1.82, 2.24) is 19.3 Å². The van der Waals surface area contributed by atoms with E-state index >= 15 is 0 Å². The lowest BCUT2D eigenvalue weighted by atomic mass is 9.89. The van der Waals surface area contributed by atoms with Gasteiger partial charge in [0, 0.05) is 47.0 Å². The molecule has 1 aliphatic rings. The fraction of sp³-hybridized carbons (Fsp3) is 0.444. The van der Waals surface area contributed by atoms with Crippen LogP contribution < -0.4 is 0 Å². The zero-order chi connectivity index (χ0) is 16.7. The van der Waals surface area contributed by atoms with E-state index in [1.165, 1.54) is 10.9 Å². The highest BCUT2D eigenvalue weighted by atomic mass is 32.2. The molecule has 0 amide bonds. The van der Waals surface area contributed by atoms with Crippen LogP contribution in [0.5, 0.6) is 0 Å². The molecule has 3 aromatic rings. The summed E-state index contributed by atoms with van der Waals surface area (Å²) in [4.78, 5) is 12.1. The van der Waals surface area contributed by atoms with Crippen molar-refractivity contribution in [3.05, 3.63) is 36.3 Å². The number of H-pyrrole nitrogens is 1. The summed E-state index contributed by atoms with van der Waals surface area (Å²) in [6, 6.07) is 4.20. The second kappa shape index (κ2) is 6.35. The zero-order valence-electron chi connectivity index (χ0n) is 14.0. The van der Waals surface area contributed by atoms with Crippen LogP contribution in [0.15, 0.2) is 30.7 Å². The monoisotopic (exact) mass is 342 g/mol. The molecule has 1 aliphatic heterocycles. The van der Waals surface area contributed by atoms with Gasteiger partial charge in [-0.15, -0.1) is 4.31 Å². The number of nitrogens with one attached hydrogen (secondary N) is 1. The van der Waals surface area contributed by atoms with Gasteiger partial charge in [-0.2, -0.15) is 0 Å². The smallest absolute Gasteiger partial charge is 0.137 e. The predicted octanol–water partition coefficient (Wildman–Crippen LogP) is 3.36. The van der Waals surface area contributed by atoms with E-state index in [2.05, 4.69) is 31.4 Å². The molecule has 1 saturated heterocycles. The zero-order valence-corrected chi connectivity index (χ0v) is 14.8. The maximum Gasteiger partial charge on any atom is 0.137 e. The molecule has 0 aliphatic carbocycles. The van der Waals surface area contributed by atoms with Crippen LogP contribution in [0.2, 0.25) is 0 Å². The van der Waals surface area contributed by atoms with Crippen molar-refractivity contribution in [3.63, 3.8) is 0 Å². The van der Waals surface area contributed by atoms with Crippen molar-refractivity contribution in [2.75, 3.05) is 13.1 Å². The normalized spacial score (nSPS) is 20.9. The highest BCUT2D eigenvalue weighted by Gasteiger charge is 2.31. The molecular formula is C18H22N4OS. The largest absolute Gasteiger partial charge is 0.598 e. The molecule has 3 aromatic heterocycles. The molecule has 1 fully saturated rings. The average molecular weight is 342 g/mol. The molecular weight excluding hydrogens is 320 g/mol. The Labute approximate surface area is 144 Å². The van der Waals surface area contributed by atoms with Gasteiger partial charge in [0.25, 0.3) is 0 Å². The lowest BCUT2D eigenvalue weighted by Crippen LogP contribution is -2.42. The van der Waals surface area contributed by atoms with E-state index in [0.29, 0.717) is 5.92 Å². The molecule has 0 saturated carbocycles. The van der Waals surface area contributed by atoms with E-state index in [4.69, 9.17) is 0 Å². The number of rotatable bonds is 3. The second-order valence-corrected chi connectivity index (χ2v) is 8.72. The summed E-state index contributed by atoms with van der Waals surface area (Å²) in [6.45, 7) is 5.82. The minimum atomic E-state index is -0.907. The van der Waals surface area contributed by atoms with Crippen molar-refractivity contribution in [1.29, 1.82) is 0 Å². The van der Waals surface area contributed by atoms with Crippen molar-refractivity contribution < 1.29 is 4.55 Å². The minimum absolute atomic E-state index is 0.165. The first-order valence-electron chi connectivity index (χ1n) is 8.51. The van der Waals surface area contributed by atoms with Gasteiger partial charge < -0.3 is 9.54 Å². The van der Waals surface area contributed by atoms with Gasteiger partial charge in [0.2, 0.25) is 0 Å². The molecule has 2 atom stereocenters. The highest BCUT2D eigenvalue weighted by Crippen LogP contribution is 2.35. The summed E-state index contributed by atoms with van der Waals surface area (Å²) < 4.78 is 14.7. The molecule has 4 heterocycles. The van der Waals surface area contributed by atoms with E-state index in [1.54, 1.807) is 0 Å². The fourth-order valence-corrected chi connectivity index (χ4v) is 4.91. The quantitative estimate of drug-likeness (QED) is 0.741. The SMILES string of the molecule is CC(C)[S+]([O-])N1CCCC(c2ccnc3cnc4[nH]ccc4c23)C1. The third-order valence-electron chi connectivity index (χ3n) is 4.80. The number of fused-ring (bicyclic) bond motifs is 3. The summed E-state index contributed by atoms with van der Waals surface area (Å²) in [7, 11) is 0.